The Hall–Kier alpha value is -2.37. The molecular formula is C26H41N3O3. The molecule has 1 aliphatic rings. The summed E-state index contributed by atoms with van der Waals surface area (Å²) in [6.45, 7) is 10.5. The Morgan fingerprint density at radius 2 is 1.78 bits per heavy atom. The molecule has 0 aliphatic heterocycles. The second kappa shape index (κ2) is 12.0. The van der Waals surface area contributed by atoms with Crippen molar-refractivity contribution in [3.63, 3.8) is 0 Å². The summed E-state index contributed by atoms with van der Waals surface area (Å²) in [5, 5.41) is 5.48. The number of hydrogen-bond donors (Lipinski definition) is 2. The van der Waals surface area contributed by atoms with Gasteiger partial charge in [0.1, 0.15) is 0 Å². The minimum atomic E-state index is -0.285. The van der Waals surface area contributed by atoms with E-state index in [2.05, 4.69) is 38.3 Å². The number of nitrogens with one attached hydrogen (secondary N) is 2. The van der Waals surface area contributed by atoms with Gasteiger partial charge in [-0.25, -0.2) is 0 Å². The fourth-order valence-electron chi connectivity index (χ4n) is 4.66. The molecule has 0 radical (unpaired) electrons. The normalized spacial score (nSPS) is 15.7. The molecule has 1 saturated carbocycles. The number of amides is 3. The zero-order chi connectivity index (χ0) is 23.7. The minimum Gasteiger partial charge on any atom is -0.345 e. The molecule has 1 atom stereocenters. The number of anilines is 1. The Kier molecular flexibility index (Phi) is 9.73. The molecular weight excluding hydrogens is 402 g/mol. The van der Waals surface area contributed by atoms with Crippen molar-refractivity contribution in [1.29, 1.82) is 0 Å². The predicted octanol–water partition coefficient (Wildman–Crippen LogP) is 4.67. The molecule has 6 heteroatoms. The average molecular weight is 444 g/mol. The highest BCUT2D eigenvalue weighted by Gasteiger charge is 2.29. The first-order valence-corrected chi connectivity index (χ1v) is 12.0. The quantitative estimate of drug-likeness (QED) is 0.582. The molecule has 1 aromatic carbocycles. The van der Waals surface area contributed by atoms with Gasteiger partial charge in [0.05, 0.1) is 13.1 Å². The van der Waals surface area contributed by atoms with Crippen LogP contribution in [0.4, 0.5) is 5.69 Å². The van der Waals surface area contributed by atoms with E-state index in [1.807, 2.05) is 31.2 Å². The monoisotopic (exact) mass is 443 g/mol. The molecule has 0 heterocycles. The van der Waals surface area contributed by atoms with Gasteiger partial charge in [-0.2, -0.15) is 0 Å². The lowest BCUT2D eigenvalue weighted by atomic mass is 9.84. The summed E-state index contributed by atoms with van der Waals surface area (Å²) in [6, 6.07) is 7.63. The number of rotatable bonds is 9. The summed E-state index contributed by atoms with van der Waals surface area (Å²) in [6.07, 6.45) is 6.67. The Morgan fingerprint density at radius 1 is 1.09 bits per heavy atom. The van der Waals surface area contributed by atoms with E-state index in [1.165, 1.54) is 6.42 Å². The van der Waals surface area contributed by atoms with Gasteiger partial charge in [-0.15, -0.1) is 0 Å². The van der Waals surface area contributed by atoms with Gasteiger partial charge in [-0.05, 0) is 55.2 Å². The molecule has 1 unspecified atom stereocenters. The highest BCUT2D eigenvalue weighted by atomic mass is 16.2. The molecule has 0 saturated heterocycles. The highest BCUT2D eigenvalue weighted by Crippen LogP contribution is 2.28. The van der Waals surface area contributed by atoms with E-state index in [4.69, 9.17) is 0 Å². The molecule has 32 heavy (non-hydrogen) atoms. The van der Waals surface area contributed by atoms with Gasteiger partial charge in [0, 0.05) is 18.2 Å². The lowest BCUT2D eigenvalue weighted by Gasteiger charge is -2.35. The molecule has 1 fully saturated rings. The predicted molar refractivity (Wildman–Crippen MR) is 129 cm³/mol. The van der Waals surface area contributed by atoms with Crippen molar-refractivity contribution in [3.8, 4) is 0 Å². The molecule has 0 spiro atoms. The van der Waals surface area contributed by atoms with Gasteiger partial charge in [-0.3, -0.25) is 14.4 Å². The van der Waals surface area contributed by atoms with E-state index in [9.17, 15) is 14.4 Å². The van der Waals surface area contributed by atoms with Gasteiger partial charge in [0.2, 0.25) is 17.7 Å². The first-order chi connectivity index (χ1) is 15.0. The Labute approximate surface area is 193 Å². The van der Waals surface area contributed by atoms with Crippen molar-refractivity contribution in [1.82, 2.24) is 10.2 Å². The molecule has 3 amide bonds. The van der Waals surface area contributed by atoms with Gasteiger partial charge in [0.25, 0.3) is 0 Å². The van der Waals surface area contributed by atoms with Crippen molar-refractivity contribution < 1.29 is 14.4 Å². The zero-order valence-electron chi connectivity index (χ0n) is 20.5. The van der Waals surface area contributed by atoms with Crippen LogP contribution >= 0.6 is 0 Å². The Balaban J connectivity index is 1.92. The number of nitrogens with zero attached hydrogens (tertiary/aromatic N) is 1. The summed E-state index contributed by atoms with van der Waals surface area (Å²) in [4.78, 5) is 39.8. The van der Waals surface area contributed by atoms with Crippen LogP contribution < -0.4 is 10.6 Å². The van der Waals surface area contributed by atoms with Crippen molar-refractivity contribution in [3.05, 3.63) is 29.8 Å². The third-order valence-corrected chi connectivity index (χ3v) is 5.88. The smallest absolute Gasteiger partial charge is 0.243 e. The molecule has 1 aromatic rings. The van der Waals surface area contributed by atoms with Crippen LogP contribution in [-0.4, -0.2) is 41.8 Å². The van der Waals surface area contributed by atoms with Gasteiger partial charge in [-0.1, -0.05) is 59.1 Å². The lowest BCUT2D eigenvalue weighted by Crippen LogP contribution is -2.48. The number of hydrogen-bond acceptors (Lipinski definition) is 3. The Bertz CT molecular complexity index is 779. The van der Waals surface area contributed by atoms with Crippen molar-refractivity contribution in [2.24, 2.45) is 11.3 Å². The zero-order valence-corrected chi connectivity index (χ0v) is 20.5. The van der Waals surface area contributed by atoms with E-state index >= 15 is 0 Å². The third kappa shape index (κ3) is 9.41. The molecule has 0 bridgehead atoms. The largest absolute Gasteiger partial charge is 0.345 e. The van der Waals surface area contributed by atoms with Crippen LogP contribution in [0.2, 0.25) is 0 Å². The van der Waals surface area contributed by atoms with E-state index in [-0.39, 0.29) is 48.2 Å². The summed E-state index contributed by atoms with van der Waals surface area (Å²) < 4.78 is 0. The lowest BCUT2D eigenvalue weighted by molar-refractivity contribution is -0.140. The average Bonchev–Trinajstić information content (AvgIpc) is 2.69. The van der Waals surface area contributed by atoms with Crippen LogP contribution in [0.3, 0.4) is 0 Å². The summed E-state index contributed by atoms with van der Waals surface area (Å²) >= 11 is 0. The van der Waals surface area contributed by atoms with Crippen LogP contribution in [0.15, 0.2) is 24.3 Å². The second-order valence-electron chi connectivity index (χ2n) is 10.6. The van der Waals surface area contributed by atoms with Gasteiger partial charge >= 0.3 is 0 Å². The third-order valence-electron chi connectivity index (χ3n) is 5.88. The fraction of sp³-hybridized carbons (Fsp3) is 0.654. The van der Waals surface area contributed by atoms with Crippen LogP contribution in [0.1, 0.15) is 78.2 Å². The SMILES string of the molecule is Cc1cccc(NC(=O)CNC(=O)CN(C(=O)CC(C)CC(C)(C)C)C2CCCCC2)c1. The van der Waals surface area contributed by atoms with Crippen molar-refractivity contribution in [2.75, 3.05) is 18.4 Å². The minimum absolute atomic E-state index is 0.0173. The van der Waals surface area contributed by atoms with Crippen LogP contribution in [0.5, 0.6) is 0 Å². The van der Waals surface area contributed by atoms with E-state index < -0.39 is 0 Å². The second-order valence-corrected chi connectivity index (χ2v) is 10.6. The molecule has 6 nitrogen and oxygen atoms in total. The summed E-state index contributed by atoms with van der Waals surface area (Å²) in [5.74, 6) is -0.255. The first-order valence-electron chi connectivity index (χ1n) is 12.0. The van der Waals surface area contributed by atoms with E-state index in [0.29, 0.717) is 12.1 Å². The molecule has 178 valence electrons. The highest BCUT2D eigenvalue weighted by molar-refractivity contribution is 5.95. The maximum atomic E-state index is 13.2. The maximum absolute atomic E-state index is 13.2. The first kappa shape index (κ1) is 25.9. The van der Waals surface area contributed by atoms with Crippen LogP contribution in [0, 0.1) is 18.3 Å². The van der Waals surface area contributed by atoms with E-state index in [0.717, 1.165) is 37.7 Å². The molecule has 1 aliphatic carbocycles. The fourth-order valence-corrected chi connectivity index (χ4v) is 4.66. The maximum Gasteiger partial charge on any atom is 0.243 e. The number of benzene rings is 1. The molecule has 2 rings (SSSR count). The van der Waals surface area contributed by atoms with Crippen LogP contribution in [-0.2, 0) is 14.4 Å². The standard InChI is InChI=1S/C26H41N3O3/c1-19-10-9-11-21(14-19)28-23(30)17-27-24(31)18-29(22-12-7-6-8-13-22)25(32)15-20(2)16-26(3,4)5/h9-11,14,20,22H,6-8,12-13,15-18H2,1-5H3,(H,27,31)(H,28,30). The van der Waals surface area contributed by atoms with E-state index in [1.54, 1.807) is 4.90 Å². The van der Waals surface area contributed by atoms with Gasteiger partial charge < -0.3 is 15.5 Å². The number of carbonyl (C=O) groups excluding carboxylic acids is 3. The summed E-state index contributed by atoms with van der Waals surface area (Å²) in [7, 11) is 0. The molecule has 0 aromatic heterocycles. The van der Waals surface area contributed by atoms with Crippen molar-refractivity contribution >= 4 is 23.4 Å². The Morgan fingerprint density at radius 3 is 2.41 bits per heavy atom. The van der Waals surface area contributed by atoms with Crippen LogP contribution in [0.25, 0.3) is 0 Å². The number of aryl methyl sites for hydroxylation is 1. The molecule has 2 N–H and O–H groups in total. The topological polar surface area (TPSA) is 78.5 Å². The summed E-state index contributed by atoms with van der Waals surface area (Å²) in [5.41, 5.74) is 1.92. The van der Waals surface area contributed by atoms with Gasteiger partial charge in [0.15, 0.2) is 0 Å². The van der Waals surface area contributed by atoms with Crippen molar-refractivity contribution in [2.45, 2.75) is 85.6 Å². The number of carbonyl (C=O) groups is 3.